The van der Waals surface area contributed by atoms with Crippen LogP contribution in [0.4, 0.5) is 0 Å². The molecule has 3 rings (SSSR count). The summed E-state index contributed by atoms with van der Waals surface area (Å²) >= 11 is 0. The Morgan fingerprint density at radius 3 is 2.32 bits per heavy atom. The number of hydrogen-bond donors (Lipinski definition) is 2. The fourth-order valence-electron chi connectivity index (χ4n) is 4.22. The molecule has 3 nitrogen and oxygen atoms in total. The molecule has 2 saturated carbocycles. The lowest BCUT2D eigenvalue weighted by molar-refractivity contribution is -0.0619. The predicted molar refractivity (Wildman–Crippen MR) is 77.9 cm³/mol. The molecule has 0 spiro atoms. The average Bonchev–Trinajstić information content (AvgIpc) is 3.00. The van der Waals surface area contributed by atoms with Gasteiger partial charge >= 0.3 is 0 Å². The number of hydroxylamine groups is 1. The summed E-state index contributed by atoms with van der Waals surface area (Å²) in [6.07, 6.45) is 15.3. The lowest BCUT2D eigenvalue weighted by Crippen LogP contribution is -2.51. The minimum Gasteiger partial charge on any atom is -0.314 e. The van der Waals surface area contributed by atoms with Gasteiger partial charge in [0.2, 0.25) is 0 Å². The van der Waals surface area contributed by atoms with Crippen molar-refractivity contribution in [3.05, 3.63) is 0 Å². The van der Waals surface area contributed by atoms with Gasteiger partial charge in [-0.1, -0.05) is 32.1 Å². The fourth-order valence-corrected chi connectivity index (χ4v) is 4.22. The number of rotatable bonds is 4. The van der Waals surface area contributed by atoms with Crippen molar-refractivity contribution in [1.29, 1.82) is 0 Å². The van der Waals surface area contributed by atoms with E-state index in [1.807, 2.05) is 0 Å². The summed E-state index contributed by atoms with van der Waals surface area (Å²) in [5.41, 5.74) is 3.47. The topological polar surface area (TPSA) is 33.3 Å². The van der Waals surface area contributed by atoms with E-state index < -0.39 is 0 Å². The number of hydrogen-bond acceptors (Lipinski definition) is 3. The van der Waals surface area contributed by atoms with Gasteiger partial charge in [0.25, 0.3) is 0 Å². The third-order valence-corrected chi connectivity index (χ3v) is 5.37. The second kappa shape index (κ2) is 7.05. The van der Waals surface area contributed by atoms with E-state index in [0.29, 0.717) is 12.1 Å². The molecule has 110 valence electrons. The van der Waals surface area contributed by atoms with Crippen LogP contribution in [-0.2, 0) is 4.84 Å². The molecule has 1 aliphatic heterocycles. The van der Waals surface area contributed by atoms with E-state index in [-0.39, 0.29) is 0 Å². The lowest BCUT2D eigenvalue weighted by atomic mass is 9.77. The molecule has 1 saturated heterocycles. The van der Waals surface area contributed by atoms with Crippen molar-refractivity contribution < 1.29 is 4.84 Å². The van der Waals surface area contributed by atoms with Gasteiger partial charge < -0.3 is 5.32 Å². The van der Waals surface area contributed by atoms with Crippen molar-refractivity contribution in [3.8, 4) is 0 Å². The Hall–Kier alpha value is -0.120. The highest BCUT2D eigenvalue weighted by atomic mass is 16.7. The molecule has 3 atom stereocenters. The Morgan fingerprint density at radius 2 is 1.53 bits per heavy atom. The molecule has 2 N–H and O–H groups in total. The largest absolute Gasteiger partial charge is 0.314 e. The molecular weight excluding hydrogens is 236 g/mol. The zero-order valence-electron chi connectivity index (χ0n) is 12.2. The Balaban J connectivity index is 1.50. The van der Waals surface area contributed by atoms with Gasteiger partial charge in [0.1, 0.15) is 0 Å². The molecule has 3 fully saturated rings. The summed E-state index contributed by atoms with van der Waals surface area (Å²) < 4.78 is 0. The Morgan fingerprint density at radius 1 is 0.789 bits per heavy atom. The molecule has 3 aliphatic rings. The van der Waals surface area contributed by atoms with Crippen molar-refractivity contribution in [2.24, 2.45) is 5.92 Å². The zero-order chi connectivity index (χ0) is 12.9. The molecule has 0 aromatic carbocycles. The quantitative estimate of drug-likeness (QED) is 0.767. The van der Waals surface area contributed by atoms with Gasteiger partial charge in [0.05, 0.1) is 6.10 Å². The van der Waals surface area contributed by atoms with Crippen LogP contribution in [-0.4, -0.2) is 24.7 Å². The molecular formula is C16H30N2O. The first-order valence-corrected chi connectivity index (χ1v) is 8.58. The molecule has 1 heterocycles. The average molecular weight is 266 g/mol. The van der Waals surface area contributed by atoms with E-state index in [0.717, 1.165) is 12.0 Å². The standard InChI is InChI=1S/C16H30N2O/c1-2-8-13(7-1)19-18-16-11-4-3-9-14(16)15-10-5-6-12-17-15/h13-18H,1-12H2. The molecule has 0 radical (unpaired) electrons. The first-order valence-electron chi connectivity index (χ1n) is 8.58. The molecule has 19 heavy (non-hydrogen) atoms. The van der Waals surface area contributed by atoms with Crippen LogP contribution in [0.2, 0.25) is 0 Å². The molecule has 2 aliphatic carbocycles. The second-order valence-corrected chi connectivity index (χ2v) is 6.75. The Kier molecular flexibility index (Phi) is 5.14. The summed E-state index contributed by atoms with van der Waals surface area (Å²) in [7, 11) is 0. The first kappa shape index (κ1) is 13.8. The highest BCUT2D eigenvalue weighted by molar-refractivity contribution is 4.89. The normalized spacial score (nSPS) is 37.6. The highest BCUT2D eigenvalue weighted by Gasteiger charge is 2.33. The van der Waals surface area contributed by atoms with E-state index in [4.69, 9.17) is 4.84 Å². The maximum Gasteiger partial charge on any atom is 0.0790 e. The minimum atomic E-state index is 0.488. The lowest BCUT2D eigenvalue weighted by Gasteiger charge is -2.39. The van der Waals surface area contributed by atoms with Crippen LogP contribution in [0.25, 0.3) is 0 Å². The minimum absolute atomic E-state index is 0.488. The molecule has 3 unspecified atom stereocenters. The molecule has 0 amide bonds. The van der Waals surface area contributed by atoms with Crippen LogP contribution in [0.5, 0.6) is 0 Å². The Labute approximate surface area is 117 Å². The summed E-state index contributed by atoms with van der Waals surface area (Å²) in [5.74, 6) is 0.787. The van der Waals surface area contributed by atoms with Crippen molar-refractivity contribution in [2.45, 2.75) is 88.8 Å². The van der Waals surface area contributed by atoms with E-state index in [9.17, 15) is 0 Å². The maximum absolute atomic E-state index is 5.99. The summed E-state index contributed by atoms with van der Waals surface area (Å²) in [5, 5.41) is 3.75. The van der Waals surface area contributed by atoms with Crippen LogP contribution < -0.4 is 10.8 Å². The monoisotopic (exact) mass is 266 g/mol. The molecule has 3 heteroatoms. The zero-order valence-corrected chi connectivity index (χ0v) is 12.2. The van der Waals surface area contributed by atoms with Gasteiger partial charge in [0.15, 0.2) is 0 Å². The maximum atomic E-state index is 5.99. The number of nitrogens with one attached hydrogen (secondary N) is 2. The van der Waals surface area contributed by atoms with Gasteiger partial charge in [0, 0.05) is 12.1 Å². The van der Waals surface area contributed by atoms with Crippen LogP contribution >= 0.6 is 0 Å². The van der Waals surface area contributed by atoms with Gasteiger partial charge in [-0.15, -0.1) is 0 Å². The van der Waals surface area contributed by atoms with Crippen LogP contribution in [0, 0.1) is 5.92 Å². The van der Waals surface area contributed by atoms with E-state index >= 15 is 0 Å². The molecule has 0 aromatic heterocycles. The van der Waals surface area contributed by atoms with E-state index in [1.54, 1.807) is 0 Å². The van der Waals surface area contributed by atoms with Crippen LogP contribution in [0.15, 0.2) is 0 Å². The van der Waals surface area contributed by atoms with Gasteiger partial charge in [-0.25, -0.2) is 0 Å². The second-order valence-electron chi connectivity index (χ2n) is 6.75. The fraction of sp³-hybridized carbons (Fsp3) is 1.00. The molecule has 0 aromatic rings. The third kappa shape index (κ3) is 3.71. The first-order chi connectivity index (χ1) is 9.43. The number of piperidine rings is 1. The summed E-state index contributed by atoms with van der Waals surface area (Å²) in [6, 6.07) is 1.32. The highest BCUT2D eigenvalue weighted by Crippen LogP contribution is 2.31. The van der Waals surface area contributed by atoms with Crippen LogP contribution in [0.1, 0.15) is 70.6 Å². The van der Waals surface area contributed by atoms with Crippen molar-refractivity contribution in [1.82, 2.24) is 10.8 Å². The SMILES string of the molecule is C1CCC(C2CCCCC2NOC2CCCC2)NC1. The van der Waals surface area contributed by atoms with E-state index in [2.05, 4.69) is 10.8 Å². The van der Waals surface area contributed by atoms with Crippen LogP contribution in [0.3, 0.4) is 0 Å². The Bertz CT molecular complexity index is 259. The van der Waals surface area contributed by atoms with Crippen molar-refractivity contribution in [2.75, 3.05) is 6.54 Å². The van der Waals surface area contributed by atoms with Crippen molar-refractivity contribution >= 4 is 0 Å². The summed E-state index contributed by atoms with van der Waals surface area (Å²) in [4.78, 5) is 5.99. The predicted octanol–water partition coefficient (Wildman–Crippen LogP) is 3.15. The molecule has 0 bridgehead atoms. The summed E-state index contributed by atoms with van der Waals surface area (Å²) in [6.45, 7) is 1.22. The smallest absolute Gasteiger partial charge is 0.0790 e. The van der Waals surface area contributed by atoms with Crippen molar-refractivity contribution in [3.63, 3.8) is 0 Å². The van der Waals surface area contributed by atoms with Gasteiger partial charge in [-0.05, 0) is 51.0 Å². The van der Waals surface area contributed by atoms with Gasteiger partial charge in [-0.2, -0.15) is 5.48 Å². The third-order valence-electron chi connectivity index (χ3n) is 5.37. The van der Waals surface area contributed by atoms with Gasteiger partial charge in [-0.3, -0.25) is 4.84 Å². The van der Waals surface area contributed by atoms with E-state index in [1.165, 1.54) is 77.2 Å².